The van der Waals surface area contributed by atoms with E-state index in [1.807, 2.05) is 11.4 Å². The second-order valence-corrected chi connectivity index (χ2v) is 7.91. The van der Waals surface area contributed by atoms with Crippen molar-refractivity contribution in [3.63, 3.8) is 0 Å². The number of ether oxygens (including phenoxy) is 1. The van der Waals surface area contributed by atoms with E-state index in [4.69, 9.17) is 9.15 Å². The van der Waals surface area contributed by atoms with Crippen LogP contribution in [-0.4, -0.2) is 47.0 Å². The highest BCUT2D eigenvalue weighted by molar-refractivity contribution is 7.09. The summed E-state index contributed by atoms with van der Waals surface area (Å²) in [5.74, 6) is 0.101. The van der Waals surface area contributed by atoms with Crippen molar-refractivity contribution in [2.75, 3.05) is 26.3 Å². The molecule has 0 aliphatic carbocycles. The quantitative estimate of drug-likeness (QED) is 0.591. The maximum atomic E-state index is 13.2. The lowest BCUT2D eigenvalue weighted by molar-refractivity contribution is 0.0299. The molecule has 0 unspecified atom stereocenters. The van der Waals surface area contributed by atoms with Crippen LogP contribution in [0.2, 0.25) is 0 Å². The molecule has 8 heteroatoms. The van der Waals surface area contributed by atoms with Crippen LogP contribution in [-0.2, 0) is 24.4 Å². The van der Waals surface area contributed by atoms with Crippen molar-refractivity contribution in [1.82, 2.24) is 14.8 Å². The summed E-state index contributed by atoms with van der Waals surface area (Å²) in [6, 6.07) is 10.6. The fourth-order valence-electron chi connectivity index (χ4n) is 3.24. The number of hydrogen-bond acceptors (Lipinski definition) is 6. The van der Waals surface area contributed by atoms with Crippen molar-refractivity contribution in [3.8, 4) is 0 Å². The van der Waals surface area contributed by atoms with Gasteiger partial charge in [-0.1, -0.05) is 18.2 Å². The first kappa shape index (κ1) is 19.8. The van der Waals surface area contributed by atoms with E-state index in [9.17, 15) is 9.18 Å². The second kappa shape index (κ2) is 9.30. The van der Waals surface area contributed by atoms with Gasteiger partial charge in [0.2, 0.25) is 5.89 Å². The first-order valence-corrected chi connectivity index (χ1v) is 10.4. The molecule has 0 saturated carbocycles. The number of morpholine rings is 1. The summed E-state index contributed by atoms with van der Waals surface area (Å²) in [6.45, 7) is 4.00. The van der Waals surface area contributed by atoms with Crippen LogP contribution >= 0.6 is 11.3 Å². The van der Waals surface area contributed by atoms with E-state index >= 15 is 0 Å². The Bertz CT molecular complexity index is 921. The number of oxazole rings is 1. The predicted octanol–water partition coefficient (Wildman–Crippen LogP) is 3.55. The minimum absolute atomic E-state index is 0.133. The summed E-state index contributed by atoms with van der Waals surface area (Å²) in [6.07, 6.45) is 1.42. The molecule has 1 aliphatic rings. The molecule has 4 rings (SSSR count). The zero-order chi connectivity index (χ0) is 20.1. The third-order valence-corrected chi connectivity index (χ3v) is 5.57. The van der Waals surface area contributed by atoms with Gasteiger partial charge in [-0.25, -0.2) is 9.37 Å². The van der Waals surface area contributed by atoms with Gasteiger partial charge in [-0.15, -0.1) is 11.3 Å². The van der Waals surface area contributed by atoms with E-state index in [1.165, 1.54) is 23.3 Å². The SMILES string of the molecule is O=C(c1coc(CN(Cc2ccc(F)cc2)Cc2cccs2)n1)N1CCOCC1. The Morgan fingerprint density at radius 1 is 1.14 bits per heavy atom. The average Bonchev–Trinajstić information content (AvgIpc) is 3.42. The lowest BCUT2D eigenvalue weighted by atomic mass is 10.2. The van der Waals surface area contributed by atoms with E-state index in [-0.39, 0.29) is 11.7 Å². The summed E-state index contributed by atoms with van der Waals surface area (Å²) < 4.78 is 24.1. The molecule has 152 valence electrons. The van der Waals surface area contributed by atoms with Crippen LogP contribution < -0.4 is 0 Å². The molecule has 0 spiro atoms. The van der Waals surface area contributed by atoms with Crippen LogP contribution in [0.1, 0.15) is 26.8 Å². The van der Waals surface area contributed by atoms with Gasteiger partial charge < -0.3 is 14.1 Å². The van der Waals surface area contributed by atoms with Gasteiger partial charge in [-0.05, 0) is 29.1 Å². The van der Waals surface area contributed by atoms with Crippen LogP contribution in [0.5, 0.6) is 0 Å². The Labute approximate surface area is 172 Å². The van der Waals surface area contributed by atoms with Crippen LogP contribution in [0.4, 0.5) is 4.39 Å². The number of nitrogens with zero attached hydrogens (tertiary/aromatic N) is 3. The van der Waals surface area contributed by atoms with Crippen LogP contribution in [0.25, 0.3) is 0 Å². The lowest BCUT2D eigenvalue weighted by Crippen LogP contribution is -2.40. The number of benzene rings is 1. The molecule has 3 heterocycles. The molecule has 6 nitrogen and oxygen atoms in total. The van der Waals surface area contributed by atoms with Gasteiger partial charge in [-0.2, -0.15) is 0 Å². The number of carbonyl (C=O) groups excluding carboxylic acids is 1. The Morgan fingerprint density at radius 2 is 1.93 bits per heavy atom. The van der Waals surface area contributed by atoms with Gasteiger partial charge in [0.05, 0.1) is 19.8 Å². The monoisotopic (exact) mass is 415 g/mol. The van der Waals surface area contributed by atoms with Gasteiger partial charge >= 0.3 is 0 Å². The first-order valence-electron chi connectivity index (χ1n) is 9.48. The zero-order valence-corrected chi connectivity index (χ0v) is 16.7. The molecule has 1 aromatic carbocycles. The van der Waals surface area contributed by atoms with E-state index in [2.05, 4.69) is 16.0 Å². The summed E-state index contributed by atoms with van der Waals surface area (Å²) in [4.78, 5) is 22.1. The number of carbonyl (C=O) groups is 1. The number of rotatable bonds is 7. The number of halogens is 1. The van der Waals surface area contributed by atoms with Gasteiger partial charge in [0.15, 0.2) is 5.69 Å². The van der Waals surface area contributed by atoms with Crippen LogP contribution in [0.3, 0.4) is 0 Å². The van der Waals surface area contributed by atoms with E-state index < -0.39 is 0 Å². The fourth-order valence-corrected chi connectivity index (χ4v) is 3.99. The molecule has 29 heavy (non-hydrogen) atoms. The summed E-state index contributed by atoms with van der Waals surface area (Å²) in [5.41, 5.74) is 1.32. The minimum Gasteiger partial charge on any atom is -0.447 e. The highest BCUT2D eigenvalue weighted by Crippen LogP contribution is 2.18. The van der Waals surface area contributed by atoms with E-state index in [0.717, 1.165) is 5.56 Å². The molecule has 2 aromatic heterocycles. The number of aromatic nitrogens is 1. The molecular weight excluding hydrogens is 393 g/mol. The van der Waals surface area contributed by atoms with Gasteiger partial charge in [-0.3, -0.25) is 9.69 Å². The summed E-state index contributed by atoms with van der Waals surface area (Å²) in [7, 11) is 0. The molecule has 3 aromatic rings. The Hall–Kier alpha value is -2.55. The highest BCUT2D eigenvalue weighted by atomic mass is 32.1. The zero-order valence-electron chi connectivity index (χ0n) is 15.9. The highest BCUT2D eigenvalue weighted by Gasteiger charge is 2.22. The minimum atomic E-state index is -0.252. The first-order chi connectivity index (χ1) is 14.2. The lowest BCUT2D eigenvalue weighted by Gasteiger charge is -2.25. The predicted molar refractivity (Wildman–Crippen MR) is 107 cm³/mol. The van der Waals surface area contributed by atoms with Crippen LogP contribution in [0.15, 0.2) is 52.5 Å². The van der Waals surface area contributed by atoms with E-state index in [0.29, 0.717) is 57.5 Å². The summed E-state index contributed by atoms with van der Waals surface area (Å²) in [5, 5.41) is 2.04. The normalized spacial score (nSPS) is 14.5. The third-order valence-electron chi connectivity index (χ3n) is 4.71. The van der Waals surface area contributed by atoms with Crippen molar-refractivity contribution >= 4 is 17.2 Å². The molecule has 0 bridgehead atoms. The molecular formula is C21H22FN3O3S. The molecule has 1 amide bonds. The topological polar surface area (TPSA) is 58.8 Å². The van der Waals surface area contributed by atoms with Gasteiger partial charge in [0, 0.05) is 31.1 Å². The van der Waals surface area contributed by atoms with E-state index in [1.54, 1.807) is 28.4 Å². The largest absolute Gasteiger partial charge is 0.447 e. The summed E-state index contributed by atoms with van der Waals surface area (Å²) >= 11 is 1.68. The Balaban J connectivity index is 1.45. The Kier molecular flexibility index (Phi) is 6.33. The number of thiophene rings is 1. The number of hydrogen-bond donors (Lipinski definition) is 0. The Morgan fingerprint density at radius 3 is 2.66 bits per heavy atom. The second-order valence-electron chi connectivity index (χ2n) is 6.88. The smallest absolute Gasteiger partial charge is 0.275 e. The molecule has 0 N–H and O–H groups in total. The maximum Gasteiger partial charge on any atom is 0.275 e. The van der Waals surface area contributed by atoms with Crippen molar-refractivity contribution in [1.29, 1.82) is 0 Å². The average molecular weight is 415 g/mol. The maximum absolute atomic E-state index is 13.2. The van der Waals surface area contributed by atoms with Gasteiger partial charge in [0.25, 0.3) is 5.91 Å². The standard InChI is InChI=1S/C21H22FN3O3S/c22-17-5-3-16(4-6-17)12-24(13-18-2-1-11-29-18)14-20-23-19(15-28-20)21(26)25-7-9-27-10-8-25/h1-6,11,15H,7-10,12-14H2. The fraction of sp³-hybridized carbons (Fsp3) is 0.333. The third kappa shape index (κ3) is 5.29. The van der Waals surface area contributed by atoms with Crippen molar-refractivity contribution in [2.24, 2.45) is 0 Å². The van der Waals surface area contributed by atoms with Crippen molar-refractivity contribution < 1.29 is 18.3 Å². The van der Waals surface area contributed by atoms with Crippen molar-refractivity contribution in [3.05, 3.63) is 75.9 Å². The molecule has 0 atom stereocenters. The number of amides is 1. The molecule has 1 aliphatic heterocycles. The van der Waals surface area contributed by atoms with Crippen LogP contribution in [0, 0.1) is 5.82 Å². The van der Waals surface area contributed by atoms with Gasteiger partial charge in [0.1, 0.15) is 12.1 Å². The molecule has 1 fully saturated rings. The molecule has 0 radical (unpaired) electrons. The molecule has 1 saturated heterocycles. The van der Waals surface area contributed by atoms with Crippen molar-refractivity contribution in [2.45, 2.75) is 19.6 Å².